The maximum absolute atomic E-state index is 11.6. The smallest absolute Gasteiger partial charge is 0.315 e. The summed E-state index contributed by atoms with van der Waals surface area (Å²) >= 11 is 3.60. The molecule has 0 bridgehead atoms. The number of thioether (sulfide) groups is 2. The molecule has 0 spiro atoms. The van der Waals surface area contributed by atoms with Gasteiger partial charge in [-0.25, -0.2) is 4.79 Å². The van der Waals surface area contributed by atoms with Gasteiger partial charge in [-0.3, -0.25) is 4.79 Å². The minimum Gasteiger partial charge on any atom is -0.462 e. The summed E-state index contributed by atoms with van der Waals surface area (Å²) in [6.45, 7) is 1.93. The second-order valence-electron chi connectivity index (χ2n) is 5.62. The standard InChI is InChI=1S/C14H24N2O3S2/c1-9(7-20-2)19-12(17)6-4-3-5-11-13-10(8-21-11)15-14(18)16-13/h9-11,13H,3-8H2,1-2H3,(H2,15,16,18)/t9-,10-,11-,13-/m0/s1. The third-order valence-corrected chi connectivity index (χ3v) is 6.10. The molecular weight excluding hydrogens is 308 g/mol. The van der Waals surface area contributed by atoms with Gasteiger partial charge in [0.05, 0.1) is 12.1 Å². The lowest BCUT2D eigenvalue weighted by molar-refractivity contribution is -0.147. The van der Waals surface area contributed by atoms with Gasteiger partial charge < -0.3 is 15.4 Å². The Morgan fingerprint density at radius 2 is 2.29 bits per heavy atom. The van der Waals surface area contributed by atoms with E-state index in [1.54, 1.807) is 11.8 Å². The number of esters is 1. The minimum atomic E-state index is -0.0932. The zero-order valence-corrected chi connectivity index (χ0v) is 14.2. The van der Waals surface area contributed by atoms with Gasteiger partial charge in [0.15, 0.2) is 0 Å². The molecule has 7 heteroatoms. The maximum Gasteiger partial charge on any atom is 0.315 e. The SMILES string of the molecule is CSC[C@H](C)OC(=O)CCCC[C@@H]1SC[C@@H]2NC(=O)N[C@@H]21. The van der Waals surface area contributed by atoms with E-state index in [2.05, 4.69) is 10.6 Å². The van der Waals surface area contributed by atoms with Crippen molar-refractivity contribution < 1.29 is 14.3 Å². The van der Waals surface area contributed by atoms with Crippen LogP contribution in [-0.2, 0) is 9.53 Å². The molecule has 2 saturated heterocycles. The zero-order valence-electron chi connectivity index (χ0n) is 12.6. The first-order chi connectivity index (χ1) is 10.1. The summed E-state index contributed by atoms with van der Waals surface area (Å²) in [6, 6.07) is 0.502. The average Bonchev–Trinajstić information content (AvgIpc) is 2.94. The third kappa shape index (κ3) is 4.98. The van der Waals surface area contributed by atoms with Crippen molar-refractivity contribution in [1.82, 2.24) is 10.6 Å². The summed E-state index contributed by atoms with van der Waals surface area (Å²) in [6.07, 6.45) is 5.41. The Kier molecular flexibility index (Phi) is 6.54. The van der Waals surface area contributed by atoms with Crippen LogP contribution in [0.5, 0.6) is 0 Å². The quantitative estimate of drug-likeness (QED) is 0.404. The Labute approximate surface area is 134 Å². The van der Waals surface area contributed by atoms with Gasteiger partial charge in [-0.05, 0) is 26.0 Å². The van der Waals surface area contributed by atoms with E-state index in [0.29, 0.717) is 11.7 Å². The largest absolute Gasteiger partial charge is 0.462 e. The molecule has 0 aromatic heterocycles. The number of fused-ring (bicyclic) bond motifs is 1. The number of urea groups is 1. The number of carbonyl (C=O) groups is 2. The normalized spacial score (nSPS) is 28.7. The first kappa shape index (κ1) is 16.8. The topological polar surface area (TPSA) is 67.4 Å². The number of carbonyl (C=O) groups excluding carboxylic acids is 2. The van der Waals surface area contributed by atoms with Crippen LogP contribution in [-0.4, -0.2) is 53.2 Å². The molecular formula is C14H24N2O3S2. The van der Waals surface area contributed by atoms with Gasteiger partial charge in [-0.15, -0.1) is 0 Å². The number of hydrogen-bond donors (Lipinski definition) is 2. The summed E-state index contributed by atoms with van der Waals surface area (Å²) in [4.78, 5) is 22.9. The lowest BCUT2D eigenvalue weighted by Gasteiger charge is -2.16. The van der Waals surface area contributed by atoms with Gasteiger partial charge in [-0.2, -0.15) is 23.5 Å². The Morgan fingerprint density at radius 1 is 1.48 bits per heavy atom. The predicted molar refractivity (Wildman–Crippen MR) is 87.9 cm³/mol. The molecule has 2 N–H and O–H groups in total. The molecule has 0 radical (unpaired) electrons. The number of rotatable bonds is 8. The molecule has 2 amide bonds. The summed E-state index contributed by atoms with van der Waals surface area (Å²) in [7, 11) is 0. The molecule has 2 rings (SSSR count). The van der Waals surface area contributed by atoms with E-state index in [1.807, 2.05) is 24.9 Å². The van der Waals surface area contributed by atoms with Gasteiger partial charge >= 0.3 is 12.0 Å². The number of nitrogens with one attached hydrogen (secondary N) is 2. The maximum atomic E-state index is 11.6. The number of hydrogen-bond acceptors (Lipinski definition) is 5. The summed E-state index contributed by atoms with van der Waals surface area (Å²) < 4.78 is 5.31. The van der Waals surface area contributed by atoms with Crippen molar-refractivity contribution >= 4 is 35.5 Å². The van der Waals surface area contributed by atoms with Gasteiger partial charge in [0, 0.05) is 23.2 Å². The van der Waals surface area contributed by atoms with Crippen molar-refractivity contribution in [1.29, 1.82) is 0 Å². The molecule has 5 nitrogen and oxygen atoms in total. The van der Waals surface area contributed by atoms with Crippen LogP contribution in [0.25, 0.3) is 0 Å². The van der Waals surface area contributed by atoms with Crippen molar-refractivity contribution in [2.75, 3.05) is 17.8 Å². The molecule has 2 aliphatic heterocycles. The molecule has 0 aromatic carbocycles. The molecule has 0 aromatic rings. The third-order valence-electron chi connectivity index (χ3n) is 3.79. The molecule has 4 atom stereocenters. The van der Waals surface area contributed by atoms with Crippen LogP contribution < -0.4 is 10.6 Å². The monoisotopic (exact) mass is 332 g/mol. The van der Waals surface area contributed by atoms with Gasteiger partial charge in [0.25, 0.3) is 0 Å². The lowest BCUT2D eigenvalue weighted by Crippen LogP contribution is -2.36. The summed E-state index contributed by atoms with van der Waals surface area (Å²) in [5, 5.41) is 6.40. The van der Waals surface area contributed by atoms with Crippen molar-refractivity contribution in [3.05, 3.63) is 0 Å². The summed E-state index contributed by atoms with van der Waals surface area (Å²) in [5.74, 6) is 1.74. The molecule has 2 fully saturated rings. The van der Waals surface area contributed by atoms with Crippen LogP contribution in [0, 0.1) is 0 Å². The van der Waals surface area contributed by atoms with Crippen molar-refractivity contribution in [3.63, 3.8) is 0 Å². The van der Waals surface area contributed by atoms with Crippen LogP contribution >= 0.6 is 23.5 Å². The molecule has 0 aliphatic carbocycles. The van der Waals surface area contributed by atoms with E-state index in [0.717, 1.165) is 30.8 Å². The number of amides is 2. The van der Waals surface area contributed by atoms with E-state index in [1.165, 1.54) is 0 Å². The fourth-order valence-corrected chi connectivity index (χ4v) is 4.89. The van der Waals surface area contributed by atoms with Crippen LogP contribution in [0.2, 0.25) is 0 Å². The average molecular weight is 332 g/mol. The van der Waals surface area contributed by atoms with Crippen molar-refractivity contribution in [2.45, 2.75) is 56.0 Å². The van der Waals surface area contributed by atoms with Crippen LogP contribution in [0.4, 0.5) is 4.79 Å². The number of ether oxygens (including phenoxy) is 1. The Bertz CT molecular complexity index is 381. The fourth-order valence-electron chi connectivity index (χ4n) is 2.81. The highest BCUT2D eigenvalue weighted by atomic mass is 32.2. The van der Waals surface area contributed by atoms with Gasteiger partial charge in [-0.1, -0.05) is 6.42 Å². The molecule has 0 saturated carbocycles. The van der Waals surface area contributed by atoms with E-state index in [4.69, 9.17) is 4.74 Å². The van der Waals surface area contributed by atoms with E-state index in [9.17, 15) is 9.59 Å². The highest BCUT2D eigenvalue weighted by Crippen LogP contribution is 2.33. The van der Waals surface area contributed by atoms with Crippen LogP contribution in [0.1, 0.15) is 32.6 Å². The summed E-state index contributed by atoms with van der Waals surface area (Å²) in [5.41, 5.74) is 0. The highest BCUT2D eigenvalue weighted by Gasteiger charge is 2.42. The first-order valence-electron chi connectivity index (χ1n) is 7.47. The second kappa shape index (κ2) is 8.17. The van der Waals surface area contributed by atoms with Crippen molar-refractivity contribution in [2.24, 2.45) is 0 Å². The van der Waals surface area contributed by atoms with Crippen LogP contribution in [0.15, 0.2) is 0 Å². The second-order valence-corrected chi connectivity index (χ2v) is 7.81. The Morgan fingerprint density at radius 3 is 3.05 bits per heavy atom. The highest BCUT2D eigenvalue weighted by molar-refractivity contribution is 8.00. The van der Waals surface area contributed by atoms with E-state index >= 15 is 0 Å². The zero-order chi connectivity index (χ0) is 15.2. The Hall–Kier alpha value is -0.560. The van der Waals surface area contributed by atoms with E-state index in [-0.39, 0.29) is 30.2 Å². The Balaban J connectivity index is 1.58. The molecule has 2 aliphatic rings. The van der Waals surface area contributed by atoms with E-state index < -0.39 is 0 Å². The van der Waals surface area contributed by atoms with Gasteiger partial charge in [0.2, 0.25) is 0 Å². The molecule has 120 valence electrons. The molecule has 21 heavy (non-hydrogen) atoms. The van der Waals surface area contributed by atoms with Crippen LogP contribution in [0.3, 0.4) is 0 Å². The van der Waals surface area contributed by atoms with Crippen molar-refractivity contribution in [3.8, 4) is 0 Å². The molecule has 0 unspecified atom stereocenters. The lowest BCUT2D eigenvalue weighted by atomic mass is 10.0. The molecule has 2 heterocycles. The predicted octanol–water partition coefficient (Wildman–Crippen LogP) is 2.01. The fraction of sp³-hybridized carbons (Fsp3) is 0.857. The number of unbranched alkanes of at least 4 members (excludes halogenated alkanes) is 1. The minimum absolute atomic E-state index is 0.00146. The first-order valence-corrected chi connectivity index (χ1v) is 9.91. The van der Waals surface area contributed by atoms with Gasteiger partial charge in [0.1, 0.15) is 6.10 Å².